The van der Waals surface area contributed by atoms with Crippen molar-refractivity contribution in [3.63, 3.8) is 0 Å². The summed E-state index contributed by atoms with van der Waals surface area (Å²) >= 11 is 0. The summed E-state index contributed by atoms with van der Waals surface area (Å²) in [4.78, 5) is 0. The van der Waals surface area contributed by atoms with E-state index >= 15 is 0 Å². The van der Waals surface area contributed by atoms with Crippen molar-refractivity contribution in [2.45, 2.75) is 25.8 Å². The summed E-state index contributed by atoms with van der Waals surface area (Å²) in [7, 11) is 3.19. The Morgan fingerprint density at radius 1 is 1.45 bits per heavy atom. The summed E-state index contributed by atoms with van der Waals surface area (Å²) in [6.45, 7) is 2.21. The maximum Gasteiger partial charge on any atom is 0.114 e. The van der Waals surface area contributed by atoms with Gasteiger partial charge in [0, 0.05) is 0 Å². The van der Waals surface area contributed by atoms with E-state index in [1.165, 1.54) is 18.9 Å². The average molecular weight is 174 g/mol. The zero-order valence-electron chi connectivity index (χ0n) is 7.72. The lowest BCUT2D eigenvalue weighted by atomic mass is 10.4. The number of hydrogen-bond donors (Lipinski definition) is 0. The smallest absolute Gasteiger partial charge is 0.114 e. The van der Waals surface area contributed by atoms with Gasteiger partial charge in [0.25, 0.3) is 0 Å². The molecule has 0 amide bonds. The van der Waals surface area contributed by atoms with Crippen molar-refractivity contribution in [3.05, 3.63) is 11.6 Å². The van der Waals surface area contributed by atoms with Crippen molar-refractivity contribution in [2.24, 2.45) is 0 Å². The number of rotatable bonds is 6. The molecule has 0 atom stereocenters. The van der Waals surface area contributed by atoms with Gasteiger partial charge >= 0.3 is 0 Å². The van der Waals surface area contributed by atoms with Crippen LogP contribution in [0.3, 0.4) is 0 Å². The molecular formula is C8H18O2Si. The highest BCUT2D eigenvalue weighted by Gasteiger charge is 1.96. The molecule has 0 aromatic heterocycles. The molecule has 0 aromatic rings. The largest absolute Gasteiger partial charge is 0.504 e. The van der Waals surface area contributed by atoms with Crippen LogP contribution in [0.15, 0.2) is 11.6 Å². The molecule has 0 N–H and O–H groups in total. The van der Waals surface area contributed by atoms with E-state index in [9.17, 15) is 0 Å². The molecule has 0 spiro atoms. The van der Waals surface area contributed by atoms with Crippen molar-refractivity contribution in [1.29, 1.82) is 0 Å². The first-order chi connectivity index (χ1) is 5.35. The fraction of sp³-hybridized carbons (Fsp3) is 0.750. The topological polar surface area (TPSA) is 18.5 Å². The Morgan fingerprint density at radius 2 is 2.18 bits per heavy atom. The summed E-state index contributed by atoms with van der Waals surface area (Å²) in [6, 6.07) is 1.32. The van der Waals surface area contributed by atoms with E-state index in [1.807, 2.05) is 0 Å². The third kappa shape index (κ3) is 5.98. The van der Waals surface area contributed by atoms with Gasteiger partial charge in [0.2, 0.25) is 0 Å². The van der Waals surface area contributed by atoms with Crippen LogP contribution in [-0.4, -0.2) is 23.7 Å². The molecule has 0 saturated heterocycles. The summed E-state index contributed by atoms with van der Waals surface area (Å²) in [5.74, 6) is 0. The number of methoxy groups -OCH3 is 2. The quantitative estimate of drug-likeness (QED) is 0.345. The van der Waals surface area contributed by atoms with Crippen LogP contribution in [0.2, 0.25) is 6.04 Å². The van der Waals surface area contributed by atoms with Crippen LogP contribution in [0.5, 0.6) is 0 Å². The molecule has 0 rings (SSSR count). The Kier molecular flexibility index (Phi) is 7.35. The second-order valence-electron chi connectivity index (χ2n) is 2.48. The van der Waals surface area contributed by atoms with E-state index in [2.05, 4.69) is 6.92 Å². The molecule has 0 bridgehead atoms. The third-order valence-electron chi connectivity index (χ3n) is 1.54. The van der Waals surface area contributed by atoms with Gasteiger partial charge in [-0.25, -0.2) is 0 Å². The van der Waals surface area contributed by atoms with Gasteiger partial charge in [0.15, 0.2) is 0 Å². The van der Waals surface area contributed by atoms with Crippen molar-refractivity contribution in [2.75, 3.05) is 14.2 Å². The summed E-state index contributed by atoms with van der Waals surface area (Å²) in [5.41, 5.74) is 0. The van der Waals surface area contributed by atoms with Crippen LogP contribution >= 0.6 is 0 Å². The minimum Gasteiger partial charge on any atom is -0.504 e. The molecule has 0 radical (unpaired) electrons. The first kappa shape index (κ1) is 10.6. The van der Waals surface area contributed by atoms with Gasteiger partial charge in [-0.1, -0.05) is 25.8 Å². The Hall–Kier alpha value is -0.443. The lowest BCUT2D eigenvalue weighted by molar-refractivity contribution is 0.271. The molecule has 3 heteroatoms. The van der Waals surface area contributed by atoms with Gasteiger partial charge in [-0.05, 0) is 0 Å². The fourth-order valence-corrected chi connectivity index (χ4v) is 2.48. The van der Waals surface area contributed by atoms with Crippen LogP contribution in [0, 0.1) is 0 Å². The minimum atomic E-state index is -0.183. The number of ether oxygens (including phenoxy) is 2. The first-order valence-corrected chi connectivity index (χ1v) is 5.81. The van der Waals surface area contributed by atoms with Crippen molar-refractivity contribution in [1.82, 2.24) is 0 Å². The van der Waals surface area contributed by atoms with E-state index in [4.69, 9.17) is 9.47 Å². The molecule has 0 heterocycles. The van der Waals surface area contributed by atoms with Gasteiger partial charge in [0.05, 0.1) is 14.2 Å². The van der Waals surface area contributed by atoms with Crippen molar-refractivity contribution < 1.29 is 9.47 Å². The molecule has 0 unspecified atom stereocenters. The van der Waals surface area contributed by atoms with Gasteiger partial charge in [-0.15, -0.1) is 0 Å². The van der Waals surface area contributed by atoms with E-state index < -0.39 is 0 Å². The van der Waals surface area contributed by atoms with Crippen LogP contribution in [0.25, 0.3) is 0 Å². The van der Waals surface area contributed by atoms with Gasteiger partial charge < -0.3 is 9.47 Å². The van der Waals surface area contributed by atoms with Gasteiger partial charge in [-0.2, -0.15) is 0 Å². The van der Waals surface area contributed by atoms with Crippen LogP contribution in [-0.2, 0) is 9.47 Å². The Bertz CT molecular complexity index is 113. The number of hydrogen-bond acceptors (Lipinski definition) is 2. The van der Waals surface area contributed by atoms with E-state index in [1.54, 1.807) is 20.5 Å². The monoisotopic (exact) mass is 174 g/mol. The average Bonchev–Trinajstić information content (AvgIpc) is 2.03. The van der Waals surface area contributed by atoms with Crippen LogP contribution in [0.1, 0.15) is 19.8 Å². The lowest BCUT2D eigenvalue weighted by Crippen LogP contribution is -1.98. The maximum absolute atomic E-state index is 5.14. The van der Waals surface area contributed by atoms with Crippen LogP contribution < -0.4 is 0 Å². The second kappa shape index (κ2) is 7.66. The molecule has 0 aliphatic carbocycles. The molecule has 0 aliphatic rings. The standard InChI is InChI=1S/C8H18O2Si/c1-4-5-6-11-8(10-3)7-9-2/h7H,4-6,11H2,1-3H3. The van der Waals surface area contributed by atoms with Crippen LogP contribution in [0.4, 0.5) is 0 Å². The molecule has 0 fully saturated rings. The third-order valence-corrected chi connectivity index (χ3v) is 3.34. The summed E-state index contributed by atoms with van der Waals surface area (Å²) in [5, 5.41) is 1.07. The highest BCUT2D eigenvalue weighted by atomic mass is 28.2. The molecule has 11 heavy (non-hydrogen) atoms. The SMILES string of the molecule is CCCC[SiH2]C(=COC)OC. The van der Waals surface area contributed by atoms with Crippen molar-refractivity contribution >= 4 is 9.52 Å². The predicted molar refractivity (Wildman–Crippen MR) is 50.4 cm³/mol. The first-order valence-electron chi connectivity index (χ1n) is 4.11. The fourth-order valence-electron chi connectivity index (χ4n) is 0.890. The zero-order chi connectivity index (χ0) is 8.53. The second-order valence-corrected chi connectivity index (χ2v) is 4.39. The molecular weight excluding hydrogens is 156 g/mol. The molecule has 0 saturated carbocycles. The van der Waals surface area contributed by atoms with Crippen molar-refractivity contribution in [3.8, 4) is 0 Å². The normalized spacial score (nSPS) is 12.5. The van der Waals surface area contributed by atoms with Gasteiger partial charge in [0.1, 0.15) is 21.2 Å². The highest BCUT2D eigenvalue weighted by Crippen LogP contribution is 2.00. The zero-order valence-corrected chi connectivity index (χ0v) is 9.14. The molecule has 66 valence electrons. The Labute approximate surface area is 71.4 Å². The molecule has 0 aromatic carbocycles. The maximum atomic E-state index is 5.14. The molecule has 0 aliphatic heterocycles. The highest BCUT2D eigenvalue weighted by molar-refractivity contribution is 6.44. The number of unbranched alkanes of at least 4 members (excludes halogenated alkanes) is 1. The predicted octanol–water partition coefficient (Wildman–Crippen LogP) is 1.47. The van der Waals surface area contributed by atoms with E-state index in [-0.39, 0.29) is 9.52 Å². The Morgan fingerprint density at radius 3 is 2.64 bits per heavy atom. The summed E-state index contributed by atoms with van der Waals surface area (Å²) in [6.07, 6.45) is 4.31. The molecule has 2 nitrogen and oxygen atoms in total. The van der Waals surface area contributed by atoms with Gasteiger partial charge in [-0.3, -0.25) is 0 Å². The van der Waals surface area contributed by atoms with E-state index in [0.29, 0.717) is 0 Å². The van der Waals surface area contributed by atoms with E-state index in [0.717, 1.165) is 5.38 Å². The minimum absolute atomic E-state index is 0.183. The summed E-state index contributed by atoms with van der Waals surface area (Å²) < 4.78 is 10.0. The Balaban J connectivity index is 3.44. The lowest BCUT2D eigenvalue weighted by Gasteiger charge is -2.03.